The van der Waals surface area contributed by atoms with Crippen molar-refractivity contribution in [1.82, 2.24) is 10.6 Å². The molecular weight excluding hydrogens is 426 g/mol. The normalized spacial score (nSPS) is 22.9. The van der Waals surface area contributed by atoms with E-state index in [0.29, 0.717) is 18.8 Å². The Hall–Kier alpha value is 0.140. The van der Waals surface area contributed by atoms with Crippen molar-refractivity contribution in [2.45, 2.75) is 50.7 Å². The first-order chi connectivity index (χ1) is 9.97. The number of thioether (sulfide) groups is 1. The van der Waals surface area contributed by atoms with Crippen molar-refractivity contribution in [3.8, 4) is 0 Å². The van der Waals surface area contributed by atoms with Gasteiger partial charge in [0.25, 0.3) is 0 Å². The van der Waals surface area contributed by atoms with Gasteiger partial charge in [-0.2, -0.15) is 24.9 Å². The highest BCUT2D eigenvalue weighted by Gasteiger charge is 2.41. The Kier molecular flexibility index (Phi) is 11.7. The summed E-state index contributed by atoms with van der Waals surface area (Å²) in [4.78, 5) is 4.13. The minimum absolute atomic E-state index is 0. The second-order valence-corrected chi connectivity index (χ2v) is 6.42. The molecule has 0 saturated heterocycles. The van der Waals surface area contributed by atoms with Gasteiger partial charge in [0.15, 0.2) is 5.96 Å². The SMILES string of the molecule is CN=C(NCCCCSC)NC1CCC(C(F)(F)F)CC1.I. The summed E-state index contributed by atoms with van der Waals surface area (Å²) in [6, 6.07) is 0.0981. The lowest BCUT2D eigenvalue weighted by atomic mass is 9.85. The van der Waals surface area contributed by atoms with E-state index >= 15 is 0 Å². The van der Waals surface area contributed by atoms with Crippen LogP contribution in [0.3, 0.4) is 0 Å². The summed E-state index contributed by atoms with van der Waals surface area (Å²) < 4.78 is 37.8. The molecule has 0 aromatic heterocycles. The number of halogens is 4. The van der Waals surface area contributed by atoms with Gasteiger partial charge in [-0.1, -0.05) is 0 Å². The largest absolute Gasteiger partial charge is 0.391 e. The van der Waals surface area contributed by atoms with Crippen LogP contribution in [-0.2, 0) is 0 Å². The van der Waals surface area contributed by atoms with Gasteiger partial charge in [-0.25, -0.2) is 0 Å². The Morgan fingerprint density at radius 1 is 1.18 bits per heavy atom. The maximum atomic E-state index is 12.6. The fourth-order valence-corrected chi connectivity index (χ4v) is 3.02. The summed E-state index contributed by atoms with van der Waals surface area (Å²) in [5, 5.41) is 6.46. The highest BCUT2D eigenvalue weighted by molar-refractivity contribution is 14.0. The number of rotatable bonds is 6. The molecule has 1 rings (SSSR count). The van der Waals surface area contributed by atoms with Crippen molar-refractivity contribution in [3.63, 3.8) is 0 Å². The van der Waals surface area contributed by atoms with Gasteiger partial charge in [-0.05, 0) is 50.5 Å². The van der Waals surface area contributed by atoms with E-state index in [2.05, 4.69) is 21.9 Å². The molecule has 0 aromatic carbocycles. The van der Waals surface area contributed by atoms with Gasteiger partial charge < -0.3 is 10.6 Å². The van der Waals surface area contributed by atoms with Crippen molar-refractivity contribution in [2.24, 2.45) is 10.9 Å². The molecule has 0 heterocycles. The number of hydrogen-bond acceptors (Lipinski definition) is 2. The average Bonchev–Trinajstić information content (AvgIpc) is 2.45. The second kappa shape index (κ2) is 11.6. The quantitative estimate of drug-likeness (QED) is 0.276. The van der Waals surface area contributed by atoms with E-state index in [4.69, 9.17) is 0 Å². The van der Waals surface area contributed by atoms with E-state index in [1.165, 1.54) is 0 Å². The Labute approximate surface area is 152 Å². The van der Waals surface area contributed by atoms with Crippen LogP contribution < -0.4 is 10.6 Å². The van der Waals surface area contributed by atoms with Crippen molar-refractivity contribution in [3.05, 3.63) is 0 Å². The Morgan fingerprint density at radius 3 is 2.32 bits per heavy atom. The first kappa shape index (κ1) is 22.1. The zero-order chi connectivity index (χ0) is 15.7. The number of hydrogen-bond donors (Lipinski definition) is 2. The molecule has 2 N–H and O–H groups in total. The van der Waals surface area contributed by atoms with Crippen molar-refractivity contribution in [1.29, 1.82) is 0 Å². The van der Waals surface area contributed by atoms with E-state index < -0.39 is 12.1 Å². The van der Waals surface area contributed by atoms with Crippen LogP contribution in [0.4, 0.5) is 13.2 Å². The summed E-state index contributed by atoms with van der Waals surface area (Å²) >= 11 is 1.83. The zero-order valence-corrected chi connectivity index (χ0v) is 16.4. The van der Waals surface area contributed by atoms with Crippen LogP contribution in [0.5, 0.6) is 0 Å². The Morgan fingerprint density at radius 2 is 1.82 bits per heavy atom. The predicted molar refractivity (Wildman–Crippen MR) is 99.3 cm³/mol. The van der Waals surface area contributed by atoms with Crippen LogP contribution in [0, 0.1) is 5.92 Å². The van der Waals surface area contributed by atoms with E-state index in [9.17, 15) is 13.2 Å². The summed E-state index contributed by atoms with van der Waals surface area (Å²) in [6.45, 7) is 0.845. The molecular formula is C14H27F3IN3S. The van der Waals surface area contributed by atoms with Gasteiger partial charge in [-0.15, -0.1) is 24.0 Å². The number of aliphatic imine (C=N–C) groups is 1. The molecule has 0 spiro atoms. The Balaban J connectivity index is 0.00000441. The van der Waals surface area contributed by atoms with Gasteiger partial charge >= 0.3 is 6.18 Å². The average molecular weight is 453 g/mol. The van der Waals surface area contributed by atoms with Crippen LogP contribution in [0.25, 0.3) is 0 Å². The third kappa shape index (κ3) is 8.69. The first-order valence-electron chi connectivity index (χ1n) is 7.50. The number of nitrogens with zero attached hydrogens (tertiary/aromatic N) is 1. The zero-order valence-electron chi connectivity index (χ0n) is 13.2. The molecule has 0 amide bonds. The fourth-order valence-electron chi connectivity index (χ4n) is 2.53. The molecule has 0 bridgehead atoms. The minimum Gasteiger partial charge on any atom is -0.356 e. The maximum absolute atomic E-state index is 12.6. The standard InChI is InChI=1S/C14H26F3N3S.HI/c1-18-13(19-9-3-4-10-21-2)20-12-7-5-11(6-8-12)14(15,16)17;/h11-12H,3-10H2,1-2H3,(H2,18,19,20);1H. The minimum atomic E-state index is -4.04. The van der Waals surface area contributed by atoms with E-state index in [1.54, 1.807) is 7.05 Å². The molecule has 22 heavy (non-hydrogen) atoms. The first-order valence-corrected chi connectivity index (χ1v) is 8.89. The molecule has 132 valence electrons. The number of nitrogens with one attached hydrogen (secondary N) is 2. The van der Waals surface area contributed by atoms with Gasteiger partial charge in [0.2, 0.25) is 0 Å². The van der Waals surface area contributed by atoms with Crippen LogP contribution in [0.15, 0.2) is 4.99 Å². The lowest BCUT2D eigenvalue weighted by Crippen LogP contribution is -2.46. The third-order valence-corrected chi connectivity index (χ3v) is 4.52. The van der Waals surface area contributed by atoms with Gasteiger partial charge in [0, 0.05) is 19.6 Å². The van der Waals surface area contributed by atoms with Gasteiger partial charge in [-0.3, -0.25) is 4.99 Å². The molecule has 0 aliphatic heterocycles. The molecule has 3 nitrogen and oxygen atoms in total. The molecule has 8 heteroatoms. The van der Waals surface area contributed by atoms with Gasteiger partial charge in [0.05, 0.1) is 5.92 Å². The Bertz CT molecular complexity index is 319. The van der Waals surface area contributed by atoms with Crippen LogP contribution in [0.2, 0.25) is 0 Å². The maximum Gasteiger partial charge on any atom is 0.391 e. The molecule has 0 unspecified atom stereocenters. The topological polar surface area (TPSA) is 36.4 Å². The van der Waals surface area contributed by atoms with Crippen molar-refractivity contribution in [2.75, 3.05) is 25.6 Å². The van der Waals surface area contributed by atoms with Crippen LogP contribution in [-0.4, -0.2) is 43.8 Å². The summed E-state index contributed by atoms with van der Waals surface area (Å²) in [6.07, 6.45) is 1.81. The van der Waals surface area contributed by atoms with Gasteiger partial charge in [0.1, 0.15) is 0 Å². The molecule has 1 saturated carbocycles. The fraction of sp³-hybridized carbons (Fsp3) is 0.929. The van der Waals surface area contributed by atoms with Crippen LogP contribution in [0.1, 0.15) is 38.5 Å². The van der Waals surface area contributed by atoms with E-state index in [-0.39, 0.29) is 42.9 Å². The molecule has 0 aromatic rings. The monoisotopic (exact) mass is 453 g/mol. The van der Waals surface area contributed by atoms with Crippen molar-refractivity contribution >= 4 is 41.7 Å². The molecule has 1 aliphatic rings. The highest BCUT2D eigenvalue weighted by Crippen LogP contribution is 2.37. The molecule has 0 radical (unpaired) electrons. The predicted octanol–water partition coefficient (Wildman–Crippen LogP) is 4.03. The molecule has 1 aliphatic carbocycles. The van der Waals surface area contributed by atoms with Crippen LogP contribution >= 0.6 is 35.7 Å². The summed E-state index contributed by atoms with van der Waals surface area (Å²) in [7, 11) is 1.69. The summed E-state index contributed by atoms with van der Waals surface area (Å²) in [5.41, 5.74) is 0. The smallest absolute Gasteiger partial charge is 0.356 e. The highest BCUT2D eigenvalue weighted by atomic mass is 127. The number of guanidine groups is 1. The lowest BCUT2D eigenvalue weighted by molar-refractivity contribution is -0.182. The second-order valence-electron chi connectivity index (χ2n) is 5.43. The van der Waals surface area contributed by atoms with E-state index in [0.717, 1.165) is 25.1 Å². The third-order valence-electron chi connectivity index (χ3n) is 3.82. The summed E-state index contributed by atoms with van der Waals surface area (Å²) in [5.74, 6) is 0.724. The number of alkyl halides is 3. The molecule has 1 fully saturated rings. The van der Waals surface area contributed by atoms with Crippen molar-refractivity contribution < 1.29 is 13.2 Å². The number of unbranched alkanes of at least 4 members (excludes halogenated alkanes) is 1. The van der Waals surface area contributed by atoms with E-state index in [1.807, 2.05) is 11.8 Å². The molecule has 0 atom stereocenters. The lowest BCUT2D eigenvalue weighted by Gasteiger charge is -2.31.